The summed E-state index contributed by atoms with van der Waals surface area (Å²) in [5.41, 5.74) is 4.76. The first kappa shape index (κ1) is 16.3. The molecule has 0 radical (unpaired) electrons. The van der Waals surface area contributed by atoms with Crippen molar-refractivity contribution in [3.8, 4) is 0 Å². The smallest absolute Gasteiger partial charge is 0.220 e. The maximum atomic E-state index is 12.8. The van der Waals surface area contributed by atoms with E-state index in [1.807, 2.05) is 73.0 Å². The van der Waals surface area contributed by atoms with Crippen LogP contribution in [0.4, 0.5) is 0 Å². The zero-order chi connectivity index (χ0) is 16.8. The number of rotatable bonds is 4. The third-order valence-corrected chi connectivity index (χ3v) is 4.40. The van der Waals surface area contributed by atoms with Crippen molar-refractivity contribution in [1.82, 2.24) is 0 Å². The summed E-state index contributed by atoms with van der Waals surface area (Å²) >= 11 is 1.25. The van der Waals surface area contributed by atoms with Crippen molar-refractivity contribution in [2.75, 3.05) is 6.26 Å². The summed E-state index contributed by atoms with van der Waals surface area (Å²) in [4.78, 5) is 12.8. The fraction of sp³-hybridized carbons (Fsp3) is 0.0455. The second kappa shape index (κ2) is 7.80. The third kappa shape index (κ3) is 3.50. The Morgan fingerprint density at radius 2 is 1.00 bits per heavy atom. The van der Waals surface area contributed by atoms with Gasteiger partial charge in [0.05, 0.1) is 0 Å². The van der Waals surface area contributed by atoms with Crippen molar-refractivity contribution in [3.63, 3.8) is 0 Å². The van der Waals surface area contributed by atoms with Crippen LogP contribution < -0.4 is 0 Å². The van der Waals surface area contributed by atoms with Gasteiger partial charge in [0.2, 0.25) is 5.12 Å². The number of hydrogen-bond acceptors (Lipinski definition) is 2. The van der Waals surface area contributed by atoms with Crippen molar-refractivity contribution >= 4 is 28.0 Å². The second-order valence-corrected chi connectivity index (χ2v) is 6.12. The first-order chi connectivity index (χ1) is 11.8. The lowest BCUT2D eigenvalue weighted by Gasteiger charge is -2.15. The van der Waals surface area contributed by atoms with E-state index in [9.17, 15) is 4.79 Å². The Morgan fingerprint density at radius 1 is 0.625 bits per heavy atom. The first-order valence-corrected chi connectivity index (χ1v) is 9.02. The van der Waals surface area contributed by atoms with Gasteiger partial charge in [0, 0.05) is 11.1 Å². The molecule has 0 heterocycles. The minimum atomic E-state index is 0.0731. The summed E-state index contributed by atoms with van der Waals surface area (Å²) < 4.78 is 0. The molecule has 0 aromatic heterocycles. The van der Waals surface area contributed by atoms with Crippen molar-refractivity contribution in [2.24, 2.45) is 0 Å². The molecule has 0 bridgehead atoms. The first-order valence-electron chi connectivity index (χ1n) is 7.80. The Kier molecular flexibility index (Phi) is 5.29. The zero-order valence-corrected chi connectivity index (χ0v) is 14.3. The lowest BCUT2D eigenvalue weighted by molar-refractivity contribution is -0.106. The number of benzene rings is 3. The van der Waals surface area contributed by atoms with Gasteiger partial charge in [0.1, 0.15) is 0 Å². The van der Waals surface area contributed by atoms with E-state index in [-0.39, 0.29) is 5.12 Å². The summed E-state index contributed by atoms with van der Waals surface area (Å²) in [6.45, 7) is 0. The molecule has 0 atom stereocenters. The van der Waals surface area contributed by atoms with E-state index in [1.54, 1.807) is 0 Å². The van der Waals surface area contributed by atoms with Gasteiger partial charge in [-0.25, -0.2) is 0 Å². The van der Waals surface area contributed by atoms with Crippen LogP contribution in [-0.2, 0) is 4.79 Å². The van der Waals surface area contributed by atoms with E-state index in [4.69, 9.17) is 0 Å². The van der Waals surface area contributed by atoms with Gasteiger partial charge in [-0.15, -0.1) is 0 Å². The quantitative estimate of drug-likeness (QED) is 0.462. The summed E-state index contributed by atoms with van der Waals surface area (Å²) in [5, 5.41) is 0.0731. The van der Waals surface area contributed by atoms with E-state index < -0.39 is 0 Å². The number of hydrogen-bond donors (Lipinski definition) is 0. The van der Waals surface area contributed by atoms with Gasteiger partial charge < -0.3 is 0 Å². The molecule has 3 aromatic carbocycles. The van der Waals surface area contributed by atoms with E-state index in [2.05, 4.69) is 24.3 Å². The van der Waals surface area contributed by atoms with E-state index in [1.165, 1.54) is 11.8 Å². The molecule has 3 rings (SSSR count). The minimum absolute atomic E-state index is 0.0731. The molecule has 0 saturated heterocycles. The normalized spacial score (nSPS) is 10.2. The maximum Gasteiger partial charge on any atom is 0.220 e. The Morgan fingerprint density at radius 3 is 1.38 bits per heavy atom. The molecular formula is C22H18OS. The summed E-state index contributed by atoms with van der Waals surface area (Å²) in [6, 6.07) is 30.1. The van der Waals surface area contributed by atoms with Crippen LogP contribution in [0.3, 0.4) is 0 Å². The van der Waals surface area contributed by atoms with Crippen molar-refractivity contribution in [1.29, 1.82) is 0 Å². The Bertz CT molecular complexity index is 795. The van der Waals surface area contributed by atoms with Gasteiger partial charge in [-0.1, -0.05) is 103 Å². The largest absolute Gasteiger partial charge is 0.282 e. The van der Waals surface area contributed by atoms with Crippen molar-refractivity contribution in [3.05, 3.63) is 108 Å². The van der Waals surface area contributed by atoms with Gasteiger partial charge in [-0.2, -0.15) is 0 Å². The van der Waals surface area contributed by atoms with Crippen LogP contribution in [0.15, 0.2) is 91.0 Å². The van der Waals surface area contributed by atoms with E-state index >= 15 is 0 Å². The predicted molar refractivity (Wildman–Crippen MR) is 104 cm³/mol. The molecule has 0 fully saturated rings. The van der Waals surface area contributed by atoms with Crippen molar-refractivity contribution < 1.29 is 4.79 Å². The predicted octanol–water partition coefficient (Wildman–Crippen LogP) is 5.54. The van der Waals surface area contributed by atoms with Crippen LogP contribution >= 0.6 is 11.8 Å². The highest BCUT2D eigenvalue weighted by atomic mass is 32.2. The van der Waals surface area contributed by atoms with Crippen LogP contribution in [0.25, 0.3) is 11.1 Å². The van der Waals surface area contributed by atoms with Crippen molar-refractivity contribution in [2.45, 2.75) is 0 Å². The monoisotopic (exact) mass is 330 g/mol. The van der Waals surface area contributed by atoms with Gasteiger partial charge in [0.25, 0.3) is 0 Å². The maximum absolute atomic E-state index is 12.8. The highest BCUT2D eigenvalue weighted by molar-refractivity contribution is 8.14. The van der Waals surface area contributed by atoms with Crippen LogP contribution in [0, 0.1) is 0 Å². The molecule has 24 heavy (non-hydrogen) atoms. The molecule has 0 unspecified atom stereocenters. The summed E-state index contributed by atoms with van der Waals surface area (Å²) in [7, 11) is 0. The average Bonchev–Trinajstić information content (AvgIpc) is 2.67. The standard InChI is InChI=1S/C22H18OS/c1-24-22(23)21(19-15-9-4-10-16-19)20(17-11-5-2-6-12-17)18-13-7-3-8-14-18/h2-16H,1H3. The van der Waals surface area contributed by atoms with Gasteiger partial charge in [-0.05, 0) is 22.9 Å². The Balaban J connectivity index is 2.35. The molecule has 0 aliphatic carbocycles. The molecule has 118 valence electrons. The van der Waals surface area contributed by atoms with E-state index in [0.717, 1.165) is 27.8 Å². The number of carbonyl (C=O) groups is 1. The molecule has 1 nitrogen and oxygen atoms in total. The molecular weight excluding hydrogens is 312 g/mol. The topological polar surface area (TPSA) is 17.1 Å². The average molecular weight is 330 g/mol. The fourth-order valence-corrected chi connectivity index (χ4v) is 3.16. The highest BCUT2D eigenvalue weighted by Crippen LogP contribution is 2.34. The molecule has 0 spiro atoms. The SMILES string of the molecule is CSC(=O)C(=C(c1ccccc1)c1ccccc1)c1ccccc1. The van der Waals surface area contributed by atoms with Crippen LogP contribution in [0.2, 0.25) is 0 Å². The highest BCUT2D eigenvalue weighted by Gasteiger charge is 2.19. The zero-order valence-electron chi connectivity index (χ0n) is 13.5. The Labute approximate surface area is 147 Å². The lowest BCUT2D eigenvalue weighted by Crippen LogP contribution is -2.02. The van der Waals surface area contributed by atoms with Gasteiger partial charge >= 0.3 is 0 Å². The van der Waals surface area contributed by atoms with Gasteiger partial charge in [0.15, 0.2) is 0 Å². The molecule has 3 aromatic rings. The molecule has 0 aliphatic rings. The van der Waals surface area contributed by atoms with Crippen LogP contribution in [0.5, 0.6) is 0 Å². The summed E-state index contributed by atoms with van der Waals surface area (Å²) in [5.74, 6) is 0. The molecule has 0 aliphatic heterocycles. The Hall–Kier alpha value is -2.58. The third-order valence-electron chi connectivity index (χ3n) is 3.83. The van der Waals surface area contributed by atoms with Gasteiger partial charge in [-0.3, -0.25) is 4.79 Å². The molecule has 2 heteroatoms. The number of thioether (sulfide) groups is 1. The second-order valence-electron chi connectivity index (χ2n) is 5.34. The van der Waals surface area contributed by atoms with Crippen LogP contribution in [-0.4, -0.2) is 11.4 Å². The minimum Gasteiger partial charge on any atom is -0.282 e. The summed E-state index contributed by atoms with van der Waals surface area (Å²) in [6.07, 6.45) is 1.83. The fourth-order valence-electron chi connectivity index (χ4n) is 2.74. The van der Waals surface area contributed by atoms with E-state index in [0.29, 0.717) is 0 Å². The molecule has 0 saturated carbocycles. The number of carbonyl (C=O) groups excluding carboxylic acids is 1. The lowest BCUT2D eigenvalue weighted by atomic mass is 9.90. The van der Waals surface area contributed by atoms with Crippen LogP contribution in [0.1, 0.15) is 16.7 Å². The molecule has 0 N–H and O–H groups in total. The molecule has 0 amide bonds.